The van der Waals surface area contributed by atoms with Crippen molar-refractivity contribution in [3.63, 3.8) is 0 Å². The van der Waals surface area contributed by atoms with E-state index in [1.165, 1.54) is 32.1 Å². The lowest BCUT2D eigenvalue weighted by atomic mass is 9.98. The van der Waals surface area contributed by atoms with Crippen LogP contribution in [0.5, 0.6) is 0 Å². The summed E-state index contributed by atoms with van der Waals surface area (Å²) in [5.41, 5.74) is 2.37. The topological polar surface area (TPSA) is 81.1 Å². The highest BCUT2D eigenvalue weighted by Crippen LogP contribution is 2.20. The minimum absolute atomic E-state index is 0.222. The van der Waals surface area contributed by atoms with Gasteiger partial charge in [-0.25, -0.2) is 9.78 Å². The van der Waals surface area contributed by atoms with Gasteiger partial charge >= 0.3 is 6.03 Å². The minimum Gasteiger partial charge on any atom is -0.378 e. The Bertz CT molecular complexity index is 722. The van der Waals surface area contributed by atoms with Gasteiger partial charge in [-0.15, -0.1) is 0 Å². The van der Waals surface area contributed by atoms with E-state index in [1.54, 1.807) is 10.9 Å². The van der Waals surface area contributed by atoms with Crippen LogP contribution in [0, 0.1) is 6.92 Å². The summed E-state index contributed by atoms with van der Waals surface area (Å²) in [4.78, 5) is 16.3. The lowest BCUT2D eigenvalue weighted by Crippen LogP contribution is -2.30. The number of rotatable bonds is 6. The fourth-order valence-electron chi connectivity index (χ4n) is 3.31. The van der Waals surface area contributed by atoms with Gasteiger partial charge in [0.15, 0.2) is 5.65 Å². The number of ether oxygens (including phenoxy) is 1. The van der Waals surface area contributed by atoms with Crippen LogP contribution in [-0.2, 0) is 11.8 Å². The third-order valence-electron chi connectivity index (χ3n) is 4.63. The average Bonchev–Trinajstić information content (AvgIpc) is 2.89. The number of amides is 2. The molecule has 1 fully saturated rings. The van der Waals surface area contributed by atoms with E-state index in [1.807, 2.05) is 20.0 Å². The number of aromatic nitrogens is 3. The number of pyridine rings is 1. The van der Waals surface area contributed by atoms with Crippen LogP contribution in [0.15, 0.2) is 12.3 Å². The molecule has 1 aliphatic carbocycles. The van der Waals surface area contributed by atoms with Crippen molar-refractivity contribution < 1.29 is 9.53 Å². The van der Waals surface area contributed by atoms with Crippen LogP contribution in [-0.4, -0.2) is 40.1 Å². The van der Waals surface area contributed by atoms with Crippen molar-refractivity contribution in [2.45, 2.75) is 51.6 Å². The highest BCUT2D eigenvalue weighted by Gasteiger charge is 2.13. The molecule has 1 aliphatic rings. The van der Waals surface area contributed by atoms with Crippen molar-refractivity contribution in [2.75, 3.05) is 18.5 Å². The van der Waals surface area contributed by atoms with Crippen LogP contribution in [0.25, 0.3) is 11.0 Å². The predicted octanol–water partition coefficient (Wildman–Crippen LogP) is 3.14. The number of hydrogen-bond donors (Lipinski definition) is 2. The molecule has 1 saturated carbocycles. The molecule has 0 bridgehead atoms. The number of hydrogen-bond acceptors (Lipinski definition) is 4. The van der Waals surface area contributed by atoms with Crippen LogP contribution < -0.4 is 10.6 Å². The summed E-state index contributed by atoms with van der Waals surface area (Å²) < 4.78 is 7.59. The molecule has 0 atom stereocenters. The van der Waals surface area contributed by atoms with Crippen LogP contribution in [0.3, 0.4) is 0 Å². The summed E-state index contributed by atoms with van der Waals surface area (Å²) in [6.07, 6.45) is 9.14. The average molecular weight is 345 g/mol. The minimum atomic E-state index is -0.222. The Hall–Kier alpha value is -2.15. The van der Waals surface area contributed by atoms with E-state index in [9.17, 15) is 4.79 Å². The number of aryl methyl sites for hydroxylation is 2. The molecule has 0 unspecified atom stereocenters. The largest absolute Gasteiger partial charge is 0.378 e. The second kappa shape index (κ2) is 8.29. The highest BCUT2D eigenvalue weighted by atomic mass is 16.5. The molecule has 0 radical (unpaired) electrons. The summed E-state index contributed by atoms with van der Waals surface area (Å²) >= 11 is 0. The molecule has 0 aromatic carbocycles. The van der Waals surface area contributed by atoms with Gasteiger partial charge < -0.3 is 15.4 Å². The Morgan fingerprint density at radius 1 is 1.36 bits per heavy atom. The zero-order valence-electron chi connectivity index (χ0n) is 15.0. The van der Waals surface area contributed by atoms with Gasteiger partial charge in [-0.3, -0.25) is 4.68 Å². The van der Waals surface area contributed by atoms with Crippen molar-refractivity contribution in [3.05, 3.63) is 18.0 Å². The van der Waals surface area contributed by atoms with Gasteiger partial charge in [0.2, 0.25) is 0 Å². The molecule has 25 heavy (non-hydrogen) atoms. The first-order chi connectivity index (χ1) is 12.1. The van der Waals surface area contributed by atoms with Gasteiger partial charge in [-0.2, -0.15) is 5.10 Å². The molecule has 2 N–H and O–H groups in total. The molecule has 0 spiro atoms. The first-order valence-corrected chi connectivity index (χ1v) is 9.09. The first kappa shape index (κ1) is 17.7. The van der Waals surface area contributed by atoms with Crippen LogP contribution in [0.1, 0.15) is 44.2 Å². The number of carbonyl (C=O) groups is 1. The lowest BCUT2D eigenvalue weighted by molar-refractivity contribution is 0.0276. The van der Waals surface area contributed by atoms with E-state index in [-0.39, 0.29) is 6.03 Å². The number of anilines is 1. The molecule has 2 aromatic heterocycles. The Balaban J connectivity index is 1.39. The van der Waals surface area contributed by atoms with Crippen LogP contribution in [0.2, 0.25) is 0 Å². The van der Waals surface area contributed by atoms with E-state index < -0.39 is 0 Å². The second-order valence-electron chi connectivity index (χ2n) is 6.67. The Morgan fingerprint density at radius 3 is 2.96 bits per heavy atom. The summed E-state index contributed by atoms with van der Waals surface area (Å²) in [5, 5.41) is 11.0. The monoisotopic (exact) mass is 345 g/mol. The maximum absolute atomic E-state index is 12.0. The second-order valence-corrected chi connectivity index (χ2v) is 6.67. The zero-order valence-corrected chi connectivity index (χ0v) is 15.0. The van der Waals surface area contributed by atoms with Gasteiger partial charge in [0, 0.05) is 25.6 Å². The number of nitrogens with one attached hydrogen (secondary N) is 2. The first-order valence-electron chi connectivity index (χ1n) is 9.09. The van der Waals surface area contributed by atoms with E-state index in [2.05, 4.69) is 20.7 Å². The van der Waals surface area contributed by atoms with Crippen molar-refractivity contribution in [1.82, 2.24) is 20.1 Å². The van der Waals surface area contributed by atoms with Crippen LogP contribution in [0.4, 0.5) is 10.5 Å². The smallest absolute Gasteiger partial charge is 0.319 e. The molecule has 2 aromatic rings. The predicted molar refractivity (Wildman–Crippen MR) is 97.7 cm³/mol. The molecule has 7 nitrogen and oxygen atoms in total. The summed E-state index contributed by atoms with van der Waals surface area (Å²) in [7, 11) is 1.86. The SMILES string of the molecule is Cc1nn(C)c2ncc(NC(=O)NCCCOC3CCCCC3)cc12. The van der Waals surface area contributed by atoms with E-state index in [0.29, 0.717) is 24.9 Å². The maximum atomic E-state index is 12.0. The van der Waals surface area contributed by atoms with E-state index in [4.69, 9.17) is 4.74 Å². The van der Waals surface area contributed by atoms with E-state index in [0.717, 1.165) is 23.1 Å². The van der Waals surface area contributed by atoms with E-state index >= 15 is 0 Å². The fraction of sp³-hybridized carbons (Fsp3) is 0.611. The molecule has 136 valence electrons. The zero-order chi connectivity index (χ0) is 17.6. The molecule has 3 rings (SSSR count). The number of fused-ring (bicyclic) bond motifs is 1. The number of carbonyl (C=O) groups excluding carboxylic acids is 1. The van der Waals surface area contributed by atoms with Gasteiger partial charge in [0.05, 0.1) is 23.7 Å². The van der Waals surface area contributed by atoms with Crippen molar-refractivity contribution in [2.24, 2.45) is 7.05 Å². The lowest BCUT2D eigenvalue weighted by Gasteiger charge is -2.21. The standard InChI is InChI=1S/C18H27N5O2/c1-13-16-11-14(12-20-17(16)23(2)22-13)21-18(24)19-9-6-10-25-15-7-4-3-5-8-15/h11-12,15H,3-10H2,1-2H3,(H2,19,21,24). The summed E-state index contributed by atoms with van der Waals surface area (Å²) in [5.74, 6) is 0. The number of nitrogens with zero attached hydrogens (tertiary/aromatic N) is 3. The fourth-order valence-corrected chi connectivity index (χ4v) is 3.31. The van der Waals surface area contributed by atoms with Gasteiger partial charge in [-0.05, 0) is 32.3 Å². The van der Waals surface area contributed by atoms with Gasteiger partial charge in [-0.1, -0.05) is 19.3 Å². The molecule has 2 amide bonds. The molecular weight excluding hydrogens is 318 g/mol. The normalized spacial score (nSPS) is 15.4. The number of urea groups is 1. The third-order valence-corrected chi connectivity index (χ3v) is 4.63. The van der Waals surface area contributed by atoms with Gasteiger partial charge in [0.25, 0.3) is 0 Å². The third kappa shape index (κ3) is 4.69. The molecular formula is C18H27N5O2. The highest BCUT2D eigenvalue weighted by molar-refractivity contribution is 5.91. The molecule has 0 saturated heterocycles. The Kier molecular flexibility index (Phi) is 5.86. The van der Waals surface area contributed by atoms with Crippen LogP contribution >= 0.6 is 0 Å². The Labute approximate surface area is 148 Å². The van der Waals surface area contributed by atoms with Crippen molar-refractivity contribution in [3.8, 4) is 0 Å². The quantitative estimate of drug-likeness (QED) is 0.788. The summed E-state index contributed by atoms with van der Waals surface area (Å²) in [6.45, 7) is 3.23. The van der Waals surface area contributed by atoms with Crippen molar-refractivity contribution in [1.29, 1.82) is 0 Å². The summed E-state index contributed by atoms with van der Waals surface area (Å²) in [6, 6.07) is 1.68. The van der Waals surface area contributed by atoms with Crippen molar-refractivity contribution >= 4 is 22.8 Å². The van der Waals surface area contributed by atoms with Gasteiger partial charge in [0.1, 0.15) is 0 Å². The Morgan fingerprint density at radius 2 is 2.16 bits per heavy atom. The molecule has 0 aliphatic heterocycles. The molecule has 2 heterocycles. The maximum Gasteiger partial charge on any atom is 0.319 e. The molecule has 7 heteroatoms.